The Morgan fingerprint density at radius 3 is 2.50 bits per heavy atom. The highest BCUT2D eigenvalue weighted by molar-refractivity contribution is 7.90. The molecule has 0 fully saturated rings. The monoisotopic (exact) mass is 395 g/mol. The van der Waals surface area contributed by atoms with E-state index in [1.165, 1.54) is 30.7 Å². The molecule has 5 nitrogen and oxygen atoms in total. The molecule has 138 valence electrons. The van der Waals surface area contributed by atoms with Crippen molar-refractivity contribution in [3.63, 3.8) is 0 Å². The Morgan fingerprint density at radius 1 is 1.15 bits per heavy atom. The summed E-state index contributed by atoms with van der Waals surface area (Å²) in [6.45, 7) is 0.539. The molecule has 0 bridgehead atoms. The van der Waals surface area contributed by atoms with E-state index in [0.29, 0.717) is 12.2 Å². The molecule has 0 N–H and O–H groups in total. The van der Waals surface area contributed by atoms with Gasteiger partial charge in [0.2, 0.25) is 0 Å². The van der Waals surface area contributed by atoms with Crippen LogP contribution in [0.1, 0.15) is 5.56 Å². The molecule has 0 amide bonds. The summed E-state index contributed by atoms with van der Waals surface area (Å²) in [4.78, 5) is 5.85. The largest absolute Gasteiger partial charge is 0.305 e. The van der Waals surface area contributed by atoms with Crippen LogP contribution in [-0.2, 0) is 16.6 Å². The van der Waals surface area contributed by atoms with E-state index in [-0.39, 0.29) is 22.9 Å². The average molecular weight is 396 g/mol. The first-order chi connectivity index (χ1) is 11.9. The minimum Gasteiger partial charge on any atom is -0.305 e. The highest BCUT2D eigenvalue weighted by atomic mass is 35.5. The first-order valence-electron chi connectivity index (χ1n) is 7.66. The molecule has 2 aromatic heterocycles. The van der Waals surface area contributed by atoms with E-state index in [4.69, 9.17) is 0 Å². The van der Waals surface area contributed by atoms with Crippen LogP contribution in [-0.4, -0.2) is 36.4 Å². The van der Waals surface area contributed by atoms with Crippen LogP contribution in [0.3, 0.4) is 0 Å². The summed E-state index contributed by atoms with van der Waals surface area (Å²) >= 11 is 0. The van der Waals surface area contributed by atoms with Crippen molar-refractivity contribution in [3.8, 4) is 11.3 Å². The summed E-state index contributed by atoms with van der Waals surface area (Å²) in [5.41, 5.74) is 1.30. The predicted octanol–water partition coefficient (Wildman–Crippen LogP) is 3.41. The average Bonchev–Trinajstić information content (AvgIpc) is 2.99. The molecule has 0 saturated heterocycles. The summed E-state index contributed by atoms with van der Waals surface area (Å²) < 4.78 is 41.5. The van der Waals surface area contributed by atoms with Gasteiger partial charge in [0.25, 0.3) is 10.0 Å². The third-order valence-corrected chi connectivity index (χ3v) is 5.34. The fraction of sp³-hybridized carbons (Fsp3) is 0.167. The Morgan fingerprint density at radius 2 is 1.88 bits per heavy atom. The quantitative estimate of drug-likeness (QED) is 0.664. The number of benzene rings is 1. The Bertz CT molecular complexity index is 989. The zero-order valence-electron chi connectivity index (χ0n) is 14.3. The molecule has 0 spiro atoms. The van der Waals surface area contributed by atoms with E-state index in [0.717, 1.165) is 9.54 Å². The van der Waals surface area contributed by atoms with Crippen molar-refractivity contribution in [2.45, 2.75) is 11.4 Å². The van der Waals surface area contributed by atoms with Crippen LogP contribution in [0.2, 0.25) is 0 Å². The van der Waals surface area contributed by atoms with E-state index >= 15 is 0 Å². The molecule has 3 aromatic rings. The molecular weight excluding hydrogens is 377 g/mol. The Hall–Kier alpha value is -2.22. The molecule has 2 heterocycles. The van der Waals surface area contributed by atoms with Crippen molar-refractivity contribution >= 4 is 22.4 Å². The Balaban J connectivity index is 0.00000243. The smallest absolute Gasteiger partial charge is 0.269 e. The van der Waals surface area contributed by atoms with E-state index in [1.54, 1.807) is 30.3 Å². The normalized spacial score (nSPS) is 11.4. The molecule has 0 radical (unpaired) electrons. The Kier molecular flexibility index (Phi) is 6.17. The van der Waals surface area contributed by atoms with Gasteiger partial charge < -0.3 is 4.90 Å². The molecule has 0 aliphatic carbocycles. The molecule has 0 atom stereocenters. The SMILES string of the molecule is CN(C)Cc1cc(-c2ccccc2F)n(S(=O)(=O)c2cccnc2)c1.Cl. The Labute approximate surface area is 158 Å². The van der Waals surface area contributed by atoms with Gasteiger partial charge in [-0.2, -0.15) is 0 Å². The van der Waals surface area contributed by atoms with Crippen LogP contribution in [0.5, 0.6) is 0 Å². The van der Waals surface area contributed by atoms with Crippen LogP contribution < -0.4 is 0 Å². The second-order valence-electron chi connectivity index (χ2n) is 5.94. The molecule has 0 saturated carbocycles. The molecule has 26 heavy (non-hydrogen) atoms. The van der Waals surface area contributed by atoms with Crippen LogP contribution in [0, 0.1) is 5.82 Å². The highest BCUT2D eigenvalue weighted by Gasteiger charge is 2.23. The highest BCUT2D eigenvalue weighted by Crippen LogP contribution is 2.29. The number of halogens is 2. The second-order valence-corrected chi connectivity index (χ2v) is 7.76. The van der Waals surface area contributed by atoms with Gasteiger partial charge in [0, 0.05) is 30.7 Å². The number of hydrogen-bond acceptors (Lipinski definition) is 4. The summed E-state index contributed by atoms with van der Waals surface area (Å²) in [5.74, 6) is -0.473. The number of nitrogens with zero attached hydrogens (tertiary/aromatic N) is 3. The lowest BCUT2D eigenvalue weighted by Crippen LogP contribution is -2.14. The van der Waals surface area contributed by atoms with Crippen LogP contribution in [0.4, 0.5) is 4.39 Å². The van der Waals surface area contributed by atoms with Crippen molar-refractivity contribution in [2.24, 2.45) is 0 Å². The second kappa shape index (κ2) is 7.99. The summed E-state index contributed by atoms with van der Waals surface area (Å²) in [7, 11) is -0.111. The van der Waals surface area contributed by atoms with Crippen LogP contribution in [0.25, 0.3) is 11.3 Å². The summed E-state index contributed by atoms with van der Waals surface area (Å²) in [6.07, 6.45) is 4.32. The van der Waals surface area contributed by atoms with Crippen molar-refractivity contribution in [1.82, 2.24) is 13.9 Å². The summed E-state index contributed by atoms with van der Waals surface area (Å²) in [5, 5.41) is 0. The van der Waals surface area contributed by atoms with Crippen molar-refractivity contribution < 1.29 is 12.8 Å². The number of hydrogen-bond donors (Lipinski definition) is 0. The lowest BCUT2D eigenvalue weighted by Gasteiger charge is -2.11. The van der Waals surface area contributed by atoms with Crippen molar-refractivity contribution in [1.29, 1.82) is 0 Å². The topological polar surface area (TPSA) is 55.2 Å². The number of pyridine rings is 1. The third-order valence-electron chi connectivity index (χ3n) is 3.68. The number of rotatable bonds is 5. The van der Waals surface area contributed by atoms with Gasteiger partial charge in [0.1, 0.15) is 10.7 Å². The van der Waals surface area contributed by atoms with E-state index < -0.39 is 15.8 Å². The lowest BCUT2D eigenvalue weighted by atomic mass is 10.1. The molecule has 3 rings (SSSR count). The zero-order valence-corrected chi connectivity index (χ0v) is 16.0. The zero-order chi connectivity index (χ0) is 18.0. The first-order valence-corrected chi connectivity index (χ1v) is 9.10. The molecule has 1 aromatic carbocycles. The van der Waals surface area contributed by atoms with E-state index in [9.17, 15) is 12.8 Å². The van der Waals surface area contributed by atoms with Gasteiger partial charge in [-0.15, -0.1) is 12.4 Å². The fourth-order valence-corrected chi connectivity index (χ4v) is 3.98. The standard InChI is InChI=1S/C18H18FN3O2S.ClH/c1-21(2)12-14-10-18(16-7-3-4-8-17(16)19)22(13-14)25(23,24)15-6-5-9-20-11-15;/h3-11,13H,12H2,1-2H3;1H. The minimum atomic E-state index is -3.88. The molecule has 8 heteroatoms. The van der Waals surface area contributed by atoms with Gasteiger partial charge in [-0.3, -0.25) is 4.98 Å². The minimum absolute atomic E-state index is 0. The van der Waals surface area contributed by atoms with Gasteiger partial charge in [0.05, 0.1) is 5.69 Å². The molecule has 0 aliphatic heterocycles. The van der Waals surface area contributed by atoms with Crippen molar-refractivity contribution in [3.05, 3.63) is 72.4 Å². The van der Waals surface area contributed by atoms with Crippen LogP contribution >= 0.6 is 12.4 Å². The van der Waals surface area contributed by atoms with Crippen molar-refractivity contribution in [2.75, 3.05) is 14.1 Å². The molecule has 0 unspecified atom stereocenters. The maximum Gasteiger partial charge on any atom is 0.269 e. The summed E-state index contributed by atoms with van der Waals surface area (Å²) in [6, 6.07) is 10.9. The first kappa shape index (κ1) is 20.1. The fourth-order valence-electron chi connectivity index (χ4n) is 2.63. The molecule has 0 aliphatic rings. The maximum absolute atomic E-state index is 14.3. The maximum atomic E-state index is 14.3. The lowest BCUT2D eigenvalue weighted by molar-refractivity contribution is 0.402. The van der Waals surface area contributed by atoms with Crippen LogP contribution in [0.15, 0.2) is 66.0 Å². The van der Waals surface area contributed by atoms with Gasteiger partial charge in [-0.25, -0.2) is 16.8 Å². The van der Waals surface area contributed by atoms with Gasteiger partial charge in [-0.1, -0.05) is 12.1 Å². The van der Waals surface area contributed by atoms with E-state index in [2.05, 4.69) is 4.98 Å². The molecular formula is C18H19ClFN3O2S. The van der Waals surface area contributed by atoms with E-state index in [1.807, 2.05) is 19.0 Å². The van der Waals surface area contributed by atoms with Gasteiger partial charge in [0.15, 0.2) is 0 Å². The van der Waals surface area contributed by atoms with Gasteiger partial charge >= 0.3 is 0 Å². The third kappa shape index (κ3) is 3.95. The predicted molar refractivity (Wildman–Crippen MR) is 101 cm³/mol. The number of aromatic nitrogens is 2. The van der Waals surface area contributed by atoms with Gasteiger partial charge in [-0.05, 0) is 50.0 Å².